The monoisotopic (exact) mass is 361 g/mol. The normalized spacial score (nSPS) is 12.6. The third-order valence-electron chi connectivity index (χ3n) is 3.64. The van der Waals surface area contributed by atoms with Crippen molar-refractivity contribution < 1.29 is 9.84 Å². The number of hydrogen-bond donors (Lipinski definition) is 3. The molecule has 0 radical (unpaired) electrons. The first kappa shape index (κ1) is 19.1. The molecule has 0 heterocycles. The summed E-state index contributed by atoms with van der Waals surface area (Å²) in [6.07, 6.45) is -0.637. The minimum atomic E-state index is -0.637. The lowest BCUT2D eigenvalue weighted by Gasteiger charge is -2.15. The van der Waals surface area contributed by atoms with Crippen molar-refractivity contribution in [1.29, 1.82) is 0 Å². The number of guanidine groups is 1. The highest BCUT2D eigenvalue weighted by molar-refractivity contribution is 6.30. The van der Waals surface area contributed by atoms with Crippen molar-refractivity contribution in [2.24, 2.45) is 4.99 Å². The van der Waals surface area contributed by atoms with E-state index in [1.165, 1.54) is 0 Å². The molecule has 5 nitrogen and oxygen atoms in total. The van der Waals surface area contributed by atoms with Gasteiger partial charge in [-0.15, -0.1) is 0 Å². The van der Waals surface area contributed by atoms with Crippen molar-refractivity contribution in [1.82, 2.24) is 10.6 Å². The molecule has 0 aromatic heterocycles. The van der Waals surface area contributed by atoms with Crippen molar-refractivity contribution in [3.05, 3.63) is 64.7 Å². The molecule has 0 aliphatic carbocycles. The molecule has 2 rings (SSSR count). The summed E-state index contributed by atoms with van der Waals surface area (Å²) < 4.78 is 5.15. The second kappa shape index (κ2) is 9.91. The zero-order valence-corrected chi connectivity index (χ0v) is 15.3. The molecule has 6 heteroatoms. The number of halogens is 1. The molecule has 0 aliphatic heterocycles. The van der Waals surface area contributed by atoms with Gasteiger partial charge >= 0.3 is 0 Å². The Kier molecular flexibility index (Phi) is 7.57. The van der Waals surface area contributed by atoms with Crippen LogP contribution in [0.1, 0.15) is 24.2 Å². The van der Waals surface area contributed by atoms with Crippen LogP contribution in [0.25, 0.3) is 0 Å². The largest absolute Gasteiger partial charge is 0.497 e. The Morgan fingerprint density at radius 2 is 1.80 bits per heavy atom. The van der Waals surface area contributed by atoms with Gasteiger partial charge < -0.3 is 20.5 Å². The quantitative estimate of drug-likeness (QED) is 0.523. The van der Waals surface area contributed by atoms with Crippen LogP contribution >= 0.6 is 11.6 Å². The Bertz CT molecular complexity index is 672. The average Bonchev–Trinajstić information content (AvgIpc) is 2.64. The molecule has 2 aromatic carbocycles. The smallest absolute Gasteiger partial charge is 0.191 e. The highest BCUT2D eigenvalue weighted by atomic mass is 35.5. The van der Waals surface area contributed by atoms with E-state index in [0.29, 0.717) is 24.1 Å². The first-order chi connectivity index (χ1) is 12.1. The van der Waals surface area contributed by atoms with E-state index >= 15 is 0 Å². The van der Waals surface area contributed by atoms with Gasteiger partial charge in [-0.1, -0.05) is 35.9 Å². The minimum absolute atomic E-state index is 0.357. The van der Waals surface area contributed by atoms with Crippen LogP contribution < -0.4 is 15.4 Å². The summed E-state index contributed by atoms with van der Waals surface area (Å²) in [4.78, 5) is 4.54. The van der Waals surface area contributed by atoms with Crippen molar-refractivity contribution in [2.45, 2.75) is 19.6 Å². The Morgan fingerprint density at radius 1 is 1.12 bits per heavy atom. The van der Waals surface area contributed by atoms with Crippen molar-refractivity contribution >= 4 is 17.6 Å². The lowest BCUT2D eigenvalue weighted by Crippen LogP contribution is -2.39. The van der Waals surface area contributed by atoms with Gasteiger partial charge in [-0.25, -0.2) is 4.99 Å². The summed E-state index contributed by atoms with van der Waals surface area (Å²) in [5.41, 5.74) is 1.89. The van der Waals surface area contributed by atoms with Gasteiger partial charge in [-0.05, 0) is 42.3 Å². The van der Waals surface area contributed by atoms with Crippen molar-refractivity contribution in [3.8, 4) is 5.75 Å². The summed E-state index contributed by atoms with van der Waals surface area (Å²) in [5, 5.41) is 17.3. The molecule has 0 saturated heterocycles. The lowest BCUT2D eigenvalue weighted by molar-refractivity contribution is 0.181. The zero-order valence-electron chi connectivity index (χ0n) is 14.5. The van der Waals surface area contributed by atoms with E-state index in [-0.39, 0.29) is 0 Å². The summed E-state index contributed by atoms with van der Waals surface area (Å²) >= 11 is 5.87. The van der Waals surface area contributed by atoms with Gasteiger partial charge in [0.2, 0.25) is 0 Å². The Labute approximate surface area is 153 Å². The van der Waals surface area contributed by atoms with Crippen molar-refractivity contribution in [2.75, 3.05) is 20.2 Å². The third-order valence-corrected chi connectivity index (χ3v) is 3.89. The van der Waals surface area contributed by atoms with Crippen LogP contribution in [0, 0.1) is 0 Å². The topological polar surface area (TPSA) is 65.9 Å². The number of aliphatic hydroxyl groups is 1. The summed E-state index contributed by atoms with van der Waals surface area (Å²) in [6.45, 7) is 3.64. The summed E-state index contributed by atoms with van der Waals surface area (Å²) in [5.74, 6) is 1.48. The number of aliphatic hydroxyl groups excluding tert-OH is 1. The van der Waals surface area contributed by atoms with Crippen LogP contribution in [0.4, 0.5) is 0 Å². The lowest BCUT2D eigenvalue weighted by atomic mass is 10.1. The molecule has 0 aliphatic rings. The molecular formula is C19H24ClN3O2. The maximum atomic E-state index is 10.3. The molecule has 1 unspecified atom stereocenters. The fraction of sp³-hybridized carbons (Fsp3) is 0.316. The van der Waals surface area contributed by atoms with Crippen molar-refractivity contribution in [3.63, 3.8) is 0 Å². The van der Waals surface area contributed by atoms with Crippen LogP contribution in [0.15, 0.2) is 53.5 Å². The molecule has 134 valence electrons. The third kappa shape index (κ3) is 6.29. The predicted octanol–water partition coefficient (Wildman–Crippen LogP) is 3.14. The molecular weight excluding hydrogens is 338 g/mol. The van der Waals surface area contributed by atoms with Gasteiger partial charge in [0.1, 0.15) is 5.75 Å². The molecule has 0 spiro atoms. The van der Waals surface area contributed by atoms with Gasteiger partial charge in [0.15, 0.2) is 5.96 Å². The first-order valence-electron chi connectivity index (χ1n) is 8.21. The minimum Gasteiger partial charge on any atom is -0.497 e. The summed E-state index contributed by atoms with van der Waals surface area (Å²) in [6, 6.07) is 15.0. The van der Waals surface area contributed by atoms with E-state index in [9.17, 15) is 5.11 Å². The molecule has 1 atom stereocenters. The van der Waals surface area contributed by atoms with E-state index in [1.807, 2.05) is 43.3 Å². The predicted molar refractivity (Wildman–Crippen MR) is 102 cm³/mol. The molecule has 0 bridgehead atoms. The first-order valence-corrected chi connectivity index (χ1v) is 8.58. The number of methoxy groups -OCH3 is 1. The molecule has 3 N–H and O–H groups in total. The molecule has 2 aromatic rings. The molecule has 25 heavy (non-hydrogen) atoms. The van der Waals surface area contributed by atoms with Crippen LogP contribution in [0.3, 0.4) is 0 Å². The zero-order chi connectivity index (χ0) is 18.1. The SMILES string of the molecule is CCNC(=NCc1ccc(OC)cc1)NCC(O)c1ccc(Cl)cc1. The fourth-order valence-corrected chi connectivity index (χ4v) is 2.37. The standard InChI is InChI=1S/C19H24ClN3O2/c1-3-21-19(22-12-14-4-10-17(25-2)11-5-14)23-13-18(24)15-6-8-16(20)9-7-15/h4-11,18,24H,3,12-13H2,1-2H3,(H2,21,22,23). The molecule has 0 amide bonds. The Hall–Kier alpha value is -2.24. The van der Waals surface area contributed by atoms with E-state index in [4.69, 9.17) is 16.3 Å². The summed E-state index contributed by atoms with van der Waals surface area (Å²) in [7, 11) is 1.65. The number of rotatable bonds is 7. The highest BCUT2D eigenvalue weighted by Crippen LogP contribution is 2.16. The number of ether oxygens (including phenoxy) is 1. The van der Waals surface area contributed by atoms with Crippen LogP contribution in [0.5, 0.6) is 5.75 Å². The van der Waals surface area contributed by atoms with E-state index < -0.39 is 6.10 Å². The maximum Gasteiger partial charge on any atom is 0.191 e. The number of nitrogens with one attached hydrogen (secondary N) is 2. The number of nitrogens with zero attached hydrogens (tertiary/aromatic N) is 1. The second-order valence-corrected chi connectivity index (χ2v) is 5.93. The van der Waals surface area contributed by atoms with Gasteiger partial charge in [-0.2, -0.15) is 0 Å². The molecule has 0 fully saturated rings. The maximum absolute atomic E-state index is 10.3. The fourth-order valence-electron chi connectivity index (χ4n) is 2.24. The van der Waals surface area contributed by atoms with Gasteiger partial charge in [-0.3, -0.25) is 0 Å². The highest BCUT2D eigenvalue weighted by Gasteiger charge is 2.08. The van der Waals surface area contributed by atoms with Gasteiger partial charge in [0.05, 0.1) is 19.8 Å². The average molecular weight is 362 g/mol. The van der Waals surface area contributed by atoms with Gasteiger partial charge in [0.25, 0.3) is 0 Å². The van der Waals surface area contributed by atoms with E-state index in [0.717, 1.165) is 23.4 Å². The number of hydrogen-bond acceptors (Lipinski definition) is 3. The Morgan fingerprint density at radius 3 is 2.40 bits per heavy atom. The number of benzene rings is 2. The van der Waals surface area contributed by atoms with Crippen LogP contribution in [-0.4, -0.2) is 31.3 Å². The van der Waals surface area contributed by atoms with Crippen LogP contribution in [0.2, 0.25) is 5.02 Å². The Balaban J connectivity index is 1.93. The second-order valence-electron chi connectivity index (χ2n) is 5.49. The van der Waals surface area contributed by atoms with Gasteiger partial charge in [0, 0.05) is 18.1 Å². The van der Waals surface area contributed by atoms with E-state index in [2.05, 4.69) is 15.6 Å². The van der Waals surface area contributed by atoms with E-state index in [1.54, 1.807) is 19.2 Å². The number of aliphatic imine (C=N–C) groups is 1. The van der Waals surface area contributed by atoms with Crippen LogP contribution in [-0.2, 0) is 6.54 Å². The molecule has 0 saturated carbocycles.